The van der Waals surface area contributed by atoms with E-state index in [0.29, 0.717) is 47.1 Å². The van der Waals surface area contributed by atoms with Crippen molar-refractivity contribution in [1.29, 1.82) is 0 Å². The molecule has 2 aromatic carbocycles. The lowest BCUT2D eigenvalue weighted by molar-refractivity contribution is -0.113. The summed E-state index contributed by atoms with van der Waals surface area (Å²) in [7, 11) is 0. The van der Waals surface area contributed by atoms with Gasteiger partial charge in [-0.25, -0.2) is 9.78 Å². The highest BCUT2D eigenvalue weighted by Crippen LogP contribution is 2.20. The second kappa shape index (κ2) is 11.2. The van der Waals surface area contributed by atoms with E-state index in [1.165, 1.54) is 11.8 Å². The number of esters is 1. The first-order valence-electron chi connectivity index (χ1n) is 11.6. The normalized spacial score (nSPS) is 11.0. The number of nitrogens with zero attached hydrogens (tertiary/aromatic N) is 4. The number of fused-ring (bicyclic) bond motifs is 1. The number of aromatic nitrogens is 4. The van der Waals surface area contributed by atoms with Crippen LogP contribution in [0.5, 0.6) is 0 Å². The van der Waals surface area contributed by atoms with Gasteiger partial charge in [0.05, 0.1) is 30.7 Å². The third kappa shape index (κ3) is 5.83. The number of rotatable bonds is 9. The Balaban J connectivity index is 1.53. The number of hydrogen-bond acceptors (Lipinski definition) is 7. The molecule has 186 valence electrons. The minimum atomic E-state index is -0.412. The van der Waals surface area contributed by atoms with E-state index in [4.69, 9.17) is 4.74 Å². The van der Waals surface area contributed by atoms with Crippen molar-refractivity contribution in [2.24, 2.45) is 0 Å². The molecule has 2 aromatic heterocycles. The molecule has 0 saturated carbocycles. The maximum Gasteiger partial charge on any atom is 0.338 e. The van der Waals surface area contributed by atoms with Crippen molar-refractivity contribution in [1.82, 2.24) is 19.3 Å². The van der Waals surface area contributed by atoms with Crippen LogP contribution < -0.4 is 10.9 Å². The summed E-state index contributed by atoms with van der Waals surface area (Å²) in [6.07, 6.45) is 1.74. The topological polar surface area (TPSA) is 108 Å². The summed E-state index contributed by atoms with van der Waals surface area (Å²) in [4.78, 5) is 42.4. The van der Waals surface area contributed by atoms with E-state index >= 15 is 0 Å². The first-order valence-corrected chi connectivity index (χ1v) is 12.6. The van der Waals surface area contributed by atoms with Gasteiger partial charge in [0.2, 0.25) is 5.91 Å². The summed E-state index contributed by atoms with van der Waals surface area (Å²) < 4.78 is 8.21. The highest BCUT2D eigenvalue weighted by atomic mass is 32.2. The van der Waals surface area contributed by atoms with Crippen LogP contribution in [0.25, 0.3) is 11.0 Å². The highest BCUT2D eigenvalue weighted by molar-refractivity contribution is 7.99. The van der Waals surface area contributed by atoms with Gasteiger partial charge in [0.1, 0.15) is 5.52 Å². The number of carbonyl (C=O) groups is 2. The van der Waals surface area contributed by atoms with Gasteiger partial charge in [0, 0.05) is 12.2 Å². The molecule has 10 heteroatoms. The minimum Gasteiger partial charge on any atom is -0.462 e. The molecule has 0 aliphatic carbocycles. The van der Waals surface area contributed by atoms with Gasteiger partial charge in [-0.3, -0.25) is 18.8 Å². The molecular formula is C26H27N5O4S. The Kier molecular flexibility index (Phi) is 7.84. The molecule has 0 aliphatic heterocycles. The molecule has 0 unspecified atom stereocenters. The van der Waals surface area contributed by atoms with Gasteiger partial charge in [-0.05, 0) is 50.6 Å². The van der Waals surface area contributed by atoms with Gasteiger partial charge < -0.3 is 10.1 Å². The van der Waals surface area contributed by atoms with E-state index in [2.05, 4.69) is 15.4 Å². The van der Waals surface area contributed by atoms with Crippen LogP contribution in [-0.4, -0.2) is 43.6 Å². The third-order valence-corrected chi connectivity index (χ3v) is 6.41. The van der Waals surface area contributed by atoms with Crippen LogP contribution in [0.1, 0.15) is 35.3 Å². The van der Waals surface area contributed by atoms with Gasteiger partial charge in [0.25, 0.3) is 5.56 Å². The zero-order chi connectivity index (χ0) is 25.7. The average Bonchev–Trinajstić information content (AvgIpc) is 3.30. The number of ether oxygens (including phenoxy) is 1. The molecule has 0 saturated heterocycles. The average molecular weight is 506 g/mol. The Bertz CT molecular complexity index is 1440. The zero-order valence-corrected chi connectivity index (χ0v) is 21.2. The summed E-state index contributed by atoms with van der Waals surface area (Å²) in [6.45, 7) is 6.92. The van der Waals surface area contributed by atoms with E-state index in [9.17, 15) is 14.4 Å². The predicted octanol–water partition coefficient (Wildman–Crippen LogP) is 3.88. The maximum absolute atomic E-state index is 13.3. The summed E-state index contributed by atoms with van der Waals surface area (Å²) in [5.41, 5.74) is 3.60. The molecular weight excluding hydrogens is 478 g/mol. The van der Waals surface area contributed by atoms with Crippen LogP contribution in [-0.2, 0) is 22.6 Å². The molecule has 1 amide bonds. The van der Waals surface area contributed by atoms with Gasteiger partial charge in [-0.2, -0.15) is 5.10 Å². The molecule has 36 heavy (non-hydrogen) atoms. The number of thioether (sulfide) groups is 1. The fourth-order valence-corrected chi connectivity index (χ4v) is 4.34. The smallest absolute Gasteiger partial charge is 0.338 e. The van der Waals surface area contributed by atoms with Crippen LogP contribution in [0.15, 0.2) is 64.7 Å². The molecule has 0 fully saturated rings. The molecule has 0 bridgehead atoms. The maximum atomic E-state index is 13.3. The fraction of sp³-hybridized carbons (Fsp3) is 0.269. The first kappa shape index (κ1) is 25.2. The monoisotopic (exact) mass is 505 g/mol. The number of anilines is 1. The molecule has 4 aromatic rings. The number of carbonyl (C=O) groups excluding carboxylic acids is 2. The Hall–Kier alpha value is -3.92. The number of aryl methyl sites for hydroxylation is 2. The summed E-state index contributed by atoms with van der Waals surface area (Å²) in [5, 5.41) is 7.62. The number of hydrogen-bond donors (Lipinski definition) is 1. The highest BCUT2D eigenvalue weighted by Gasteiger charge is 2.17. The second-order valence-electron chi connectivity index (χ2n) is 8.12. The Labute approximate surface area is 212 Å². The quantitative estimate of drug-likeness (QED) is 0.209. The van der Waals surface area contributed by atoms with Crippen molar-refractivity contribution in [2.45, 2.75) is 39.0 Å². The summed E-state index contributed by atoms with van der Waals surface area (Å²) >= 11 is 1.19. The van der Waals surface area contributed by atoms with E-state index in [1.54, 1.807) is 46.6 Å². The third-order valence-electron chi connectivity index (χ3n) is 5.43. The molecule has 0 radical (unpaired) electrons. The van der Waals surface area contributed by atoms with E-state index in [0.717, 1.165) is 11.1 Å². The van der Waals surface area contributed by atoms with Crippen molar-refractivity contribution >= 4 is 40.4 Å². The van der Waals surface area contributed by atoms with E-state index in [1.807, 2.05) is 38.1 Å². The minimum absolute atomic E-state index is 0.0490. The molecule has 0 spiro atoms. The molecule has 4 rings (SSSR count). The number of benzene rings is 2. The van der Waals surface area contributed by atoms with Crippen LogP contribution >= 0.6 is 11.8 Å². The summed E-state index contributed by atoms with van der Waals surface area (Å²) in [6, 6.07) is 14.4. The van der Waals surface area contributed by atoms with Gasteiger partial charge in [-0.1, -0.05) is 41.6 Å². The van der Waals surface area contributed by atoms with Crippen LogP contribution in [0.4, 0.5) is 5.69 Å². The Morgan fingerprint density at radius 2 is 1.78 bits per heavy atom. The lowest BCUT2D eigenvalue weighted by Gasteiger charge is -2.12. The standard InChI is InChI=1S/C26H27N5O4S/c1-4-30-15-21-23(29-30)24(33)31(14-18-8-6-17(3)7-9-18)26(28-21)36-16-22(32)27-20-12-10-19(11-13-20)25(34)35-5-2/h6-13,15H,4-5,14,16H2,1-3H3,(H,27,32). The van der Waals surface area contributed by atoms with Crippen molar-refractivity contribution in [2.75, 3.05) is 17.7 Å². The molecule has 2 heterocycles. The molecule has 1 N–H and O–H groups in total. The van der Waals surface area contributed by atoms with Gasteiger partial charge in [-0.15, -0.1) is 0 Å². The Morgan fingerprint density at radius 1 is 1.06 bits per heavy atom. The molecule has 0 aliphatic rings. The van der Waals surface area contributed by atoms with Crippen molar-refractivity contribution in [3.05, 3.63) is 81.8 Å². The van der Waals surface area contributed by atoms with Crippen LogP contribution in [0.3, 0.4) is 0 Å². The fourth-order valence-electron chi connectivity index (χ4n) is 3.54. The largest absolute Gasteiger partial charge is 0.462 e. The lowest BCUT2D eigenvalue weighted by atomic mass is 10.1. The van der Waals surface area contributed by atoms with E-state index < -0.39 is 5.97 Å². The number of nitrogens with one attached hydrogen (secondary N) is 1. The zero-order valence-electron chi connectivity index (χ0n) is 20.4. The predicted molar refractivity (Wildman–Crippen MR) is 139 cm³/mol. The molecule has 0 atom stereocenters. The van der Waals surface area contributed by atoms with Gasteiger partial charge >= 0.3 is 5.97 Å². The van der Waals surface area contributed by atoms with Crippen LogP contribution in [0.2, 0.25) is 0 Å². The van der Waals surface area contributed by atoms with Gasteiger partial charge in [0.15, 0.2) is 10.7 Å². The Morgan fingerprint density at radius 3 is 2.44 bits per heavy atom. The lowest BCUT2D eigenvalue weighted by Crippen LogP contribution is -2.25. The molecule has 9 nitrogen and oxygen atoms in total. The second-order valence-corrected chi connectivity index (χ2v) is 9.07. The first-order chi connectivity index (χ1) is 17.4. The number of amides is 1. The van der Waals surface area contributed by atoms with E-state index in [-0.39, 0.29) is 17.2 Å². The van der Waals surface area contributed by atoms with Crippen molar-refractivity contribution < 1.29 is 14.3 Å². The van der Waals surface area contributed by atoms with Crippen LogP contribution in [0, 0.1) is 6.92 Å². The van der Waals surface area contributed by atoms with Crippen molar-refractivity contribution in [3.63, 3.8) is 0 Å². The SMILES string of the molecule is CCOC(=O)c1ccc(NC(=O)CSc2nc3cn(CC)nc3c(=O)n2Cc2ccc(C)cc2)cc1. The van der Waals surface area contributed by atoms with Crippen molar-refractivity contribution in [3.8, 4) is 0 Å². The summed E-state index contributed by atoms with van der Waals surface area (Å²) in [5.74, 6) is -0.623.